The van der Waals surface area contributed by atoms with Crippen LogP contribution in [0.25, 0.3) is 0 Å². The molecule has 2 heteroatoms. The average molecular weight is 415 g/mol. The predicted octanol–water partition coefficient (Wildman–Crippen LogP) is 6.28. The maximum atomic E-state index is 7.49. The molecule has 8 rings (SSSR count). The number of rotatable bonds is 2. The molecule has 0 N–H and O–H groups in total. The molecule has 32 heavy (non-hydrogen) atoms. The Labute approximate surface area is 187 Å². The van der Waals surface area contributed by atoms with Crippen LogP contribution in [0.1, 0.15) is 45.6 Å². The molecule has 4 aromatic rings. The fourth-order valence-electron chi connectivity index (χ4n) is 7.37. The molecule has 6 unspecified atom stereocenters. The molecule has 2 fully saturated rings. The molecule has 0 amide bonds. The van der Waals surface area contributed by atoms with Crippen molar-refractivity contribution in [2.45, 2.75) is 23.4 Å². The molecular formula is C30H22O2. The zero-order chi connectivity index (χ0) is 20.9. The summed E-state index contributed by atoms with van der Waals surface area (Å²) in [6, 6.07) is 39.3. The van der Waals surface area contributed by atoms with Crippen LogP contribution in [0.3, 0.4) is 0 Å². The molecule has 6 atom stereocenters. The molecule has 2 nitrogen and oxygen atoms in total. The first-order chi connectivity index (χ1) is 15.9. The second-order valence-electron chi connectivity index (χ2n) is 9.51. The number of hydrogen-bond acceptors (Lipinski definition) is 2. The summed E-state index contributed by atoms with van der Waals surface area (Å²) in [5.74, 6) is 0.444. The van der Waals surface area contributed by atoms with E-state index in [1.807, 2.05) is 0 Å². The van der Waals surface area contributed by atoms with E-state index in [0.29, 0.717) is 0 Å². The van der Waals surface area contributed by atoms with Crippen LogP contribution in [0, 0.1) is 11.8 Å². The summed E-state index contributed by atoms with van der Waals surface area (Å²) < 4.78 is 14.3. The third-order valence-electron chi connectivity index (χ3n) is 8.33. The Morgan fingerprint density at radius 2 is 0.875 bits per heavy atom. The molecule has 0 saturated carbocycles. The van der Waals surface area contributed by atoms with Crippen LogP contribution in [0.2, 0.25) is 0 Å². The summed E-state index contributed by atoms with van der Waals surface area (Å²) in [7, 11) is 0. The van der Waals surface area contributed by atoms with E-state index in [1.54, 1.807) is 0 Å². The van der Waals surface area contributed by atoms with Gasteiger partial charge in [0.1, 0.15) is 11.2 Å². The van der Waals surface area contributed by atoms with Crippen LogP contribution in [-0.2, 0) is 20.7 Å². The molecule has 4 aromatic carbocycles. The van der Waals surface area contributed by atoms with Crippen molar-refractivity contribution in [3.8, 4) is 0 Å². The Balaban J connectivity index is 1.50. The Morgan fingerprint density at radius 1 is 0.469 bits per heavy atom. The van der Waals surface area contributed by atoms with Gasteiger partial charge in [0.15, 0.2) is 0 Å². The van der Waals surface area contributed by atoms with Crippen LogP contribution in [0.5, 0.6) is 0 Å². The van der Waals surface area contributed by atoms with Gasteiger partial charge in [-0.25, -0.2) is 0 Å². The normalized spacial score (nSPS) is 34.9. The van der Waals surface area contributed by atoms with Gasteiger partial charge < -0.3 is 9.47 Å². The second kappa shape index (κ2) is 5.78. The SMILES string of the molecule is c1ccc(C23OC(c4ccccc4)(c4ccccc42)C2C4OC(c5ccccc54)C23)cc1. The molecular weight excluding hydrogens is 392 g/mol. The lowest BCUT2D eigenvalue weighted by Crippen LogP contribution is -2.42. The standard InChI is InChI=1S/C30H22O2/c1-3-11-19(12-4-1)29-23-17-9-10-18-24(23)30(32-29,20-13-5-2-6-14-20)26-25(29)27-21-15-7-8-16-22(21)28(26)31-27/h1-18,25-28H. The fourth-order valence-corrected chi connectivity index (χ4v) is 7.37. The number of fused-ring (bicyclic) bond motifs is 15. The van der Waals surface area contributed by atoms with Crippen molar-refractivity contribution in [3.05, 3.63) is 143 Å². The van der Waals surface area contributed by atoms with Crippen molar-refractivity contribution in [1.82, 2.24) is 0 Å². The van der Waals surface area contributed by atoms with Gasteiger partial charge in [-0.2, -0.15) is 0 Å². The lowest BCUT2D eigenvalue weighted by Gasteiger charge is -2.41. The highest BCUT2D eigenvalue weighted by molar-refractivity contribution is 5.60. The first kappa shape index (κ1) is 17.4. The summed E-state index contributed by atoms with van der Waals surface area (Å²) in [4.78, 5) is 0. The van der Waals surface area contributed by atoms with E-state index >= 15 is 0 Å². The molecule has 154 valence electrons. The van der Waals surface area contributed by atoms with Gasteiger partial charge in [0.05, 0.1) is 12.2 Å². The van der Waals surface area contributed by atoms with E-state index in [4.69, 9.17) is 9.47 Å². The quantitative estimate of drug-likeness (QED) is 0.385. The first-order valence-electron chi connectivity index (χ1n) is 11.5. The van der Waals surface area contributed by atoms with Gasteiger partial charge >= 0.3 is 0 Å². The first-order valence-corrected chi connectivity index (χ1v) is 11.5. The van der Waals surface area contributed by atoms with Crippen LogP contribution < -0.4 is 0 Å². The van der Waals surface area contributed by atoms with Gasteiger partial charge in [-0.05, 0) is 33.4 Å². The largest absolute Gasteiger partial charge is 0.365 e. The topological polar surface area (TPSA) is 18.5 Å². The number of hydrogen-bond donors (Lipinski definition) is 0. The van der Waals surface area contributed by atoms with E-state index in [0.717, 1.165) is 0 Å². The van der Waals surface area contributed by atoms with E-state index in [1.165, 1.54) is 33.4 Å². The van der Waals surface area contributed by atoms with Crippen molar-refractivity contribution in [2.75, 3.05) is 0 Å². The Hall–Kier alpha value is -3.20. The number of ether oxygens (including phenoxy) is 2. The molecule has 4 aliphatic rings. The molecule has 0 aliphatic carbocycles. The predicted molar refractivity (Wildman–Crippen MR) is 122 cm³/mol. The monoisotopic (exact) mass is 414 g/mol. The third-order valence-corrected chi connectivity index (χ3v) is 8.33. The van der Waals surface area contributed by atoms with Gasteiger partial charge in [0.25, 0.3) is 0 Å². The lowest BCUT2D eigenvalue weighted by atomic mass is 9.55. The lowest BCUT2D eigenvalue weighted by molar-refractivity contribution is -0.102. The van der Waals surface area contributed by atoms with Crippen molar-refractivity contribution in [1.29, 1.82) is 0 Å². The van der Waals surface area contributed by atoms with Gasteiger partial charge in [-0.15, -0.1) is 0 Å². The Morgan fingerprint density at radius 3 is 1.34 bits per heavy atom. The second-order valence-corrected chi connectivity index (χ2v) is 9.51. The summed E-state index contributed by atoms with van der Waals surface area (Å²) in [5, 5.41) is 0. The summed E-state index contributed by atoms with van der Waals surface area (Å²) >= 11 is 0. The van der Waals surface area contributed by atoms with Gasteiger partial charge in [-0.1, -0.05) is 109 Å². The molecule has 4 bridgehead atoms. The van der Waals surface area contributed by atoms with Crippen molar-refractivity contribution in [3.63, 3.8) is 0 Å². The van der Waals surface area contributed by atoms with Crippen LogP contribution >= 0.6 is 0 Å². The molecule has 4 aliphatic heterocycles. The molecule has 2 saturated heterocycles. The molecule has 0 aromatic heterocycles. The highest BCUT2D eigenvalue weighted by Gasteiger charge is 2.78. The fraction of sp³-hybridized carbons (Fsp3) is 0.200. The van der Waals surface area contributed by atoms with Crippen LogP contribution in [-0.4, -0.2) is 0 Å². The van der Waals surface area contributed by atoms with Crippen molar-refractivity contribution >= 4 is 0 Å². The zero-order valence-electron chi connectivity index (χ0n) is 17.5. The van der Waals surface area contributed by atoms with Gasteiger partial charge in [-0.3, -0.25) is 0 Å². The van der Waals surface area contributed by atoms with Crippen molar-refractivity contribution in [2.24, 2.45) is 11.8 Å². The van der Waals surface area contributed by atoms with E-state index in [2.05, 4.69) is 109 Å². The maximum absolute atomic E-state index is 7.49. The van der Waals surface area contributed by atoms with Gasteiger partial charge in [0, 0.05) is 11.8 Å². The summed E-state index contributed by atoms with van der Waals surface area (Å²) in [6.45, 7) is 0. The average Bonchev–Trinajstić information content (AvgIpc) is 3.60. The molecule has 4 heterocycles. The van der Waals surface area contributed by atoms with Crippen LogP contribution in [0.4, 0.5) is 0 Å². The third kappa shape index (κ3) is 1.76. The van der Waals surface area contributed by atoms with E-state index < -0.39 is 11.2 Å². The minimum atomic E-state index is -0.523. The van der Waals surface area contributed by atoms with Crippen molar-refractivity contribution < 1.29 is 9.47 Å². The maximum Gasteiger partial charge on any atom is 0.126 e. The zero-order valence-corrected chi connectivity index (χ0v) is 17.5. The molecule has 0 radical (unpaired) electrons. The van der Waals surface area contributed by atoms with E-state index in [9.17, 15) is 0 Å². The minimum absolute atomic E-state index is 0.0420. The Kier molecular flexibility index (Phi) is 3.13. The molecule has 0 spiro atoms. The highest BCUT2D eigenvalue weighted by atomic mass is 16.6. The number of benzene rings is 4. The highest BCUT2D eigenvalue weighted by Crippen LogP contribution is 2.78. The summed E-state index contributed by atoms with van der Waals surface area (Å²) in [5.41, 5.74) is 6.68. The van der Waals surface area contributed by atoms with Gasteiger partial charge in [0.2, 0.25) is 0 Å². The van der Waals surface area contributed by atoms with Crippen LogP contribution in [0.15, 0.2) is 109 Å². The van der Waals surface area contributed by atoms with E-state index in [-0.39, 0.29) is 24.0 Å². The minimum Gasteiger partial charge on any atom is -0.365 e. The Bertz CT molecular complexity index is 1260. The summed E-state index contributed by atoms with van der Waals surface area (Å²) in [6.07, 6.45) is 0.0840. The smallest absolute Gasteiger partial charge is 0.126 e.